The van der Waals surface area contributed by atoms with Crippen molar-refractivity contribution in [2.45, 2.75) is 19.8 Å². The highest BCUT2D eigenvalue weighted by Crippen LogP contribution is 2.38. The Morgan fingerprint density at radius 3 is 2.72 bits per heavy atom. The number of sulfonamides is 1. The molecule has 0 aliphatic heterocycles. The lowest BCUT2D eigenvalue weighted by Gasteiger charge is -2.14. The first kappa shape index (κ1) is 22.3. The first-order valence-electron chi connectivity index (χ1n) is 10.2. The number of nitrogens with one attached hydrogen (secondary N) is 2. The number of aromatic nitrogens is 2. The predicted molar refractivity (Wildman–Crippen MR) is 125 cm³/mol. The third kappa shape index (κ3) is 4.49. The van der Waals surface area contributed by atoms with Crippen molar-refractivity contribution in [2.24, 2.45) is 13.0 Å². The second-order valence-corrected chi connectivity index (χ2v) is 10.8. The summed E-state index contributed by atoms with van der Waals surface area (Å²) < 4.78 is 34.5. The lowest BCUT2D eigenvalue weighted by Crippen LogP contribution is -2.16. The molecule has 1 aliphatic rings. The van der Waals surface area contributed by atoms with Crippen molar-refractivity contribution in [3.8, 4) is 17.0 Å². The molecule has 0 aromatic carbocycles. The number of nitrogens with zero attached hydrogens (tertiary/aromatic N) is 2. The average Bonchev–Trinajstić information content (AvgIpc) is 3.50. The number of aryl methyl sites for hydroxylation is 1. The number of hydrogen-bond donors (Lipinski definition) is 2. The highest BCUT2D eigenvalue weighted by atomic mass is 32.2. The van der Waals surface area contributed by atoms with E-state index in [2.05, 4.69) is 15.0 Å². The Hall–Kier alpha value is -2.92. The SMILES string of the molecule is CCS(=O)(=O)Nc1cnc(OCC2CC2)c(-c2cn(C)c(=O)c3sc(C(=O)NC)cc23)c1. The number of rotatable bonds is 8. The largest absolute Gasteiger partial charge is 0.477 e. The van der Waals surface area contributed by atoms with E-state index < -0.39 is 10.0 Å². The first-order valence-corrected chi connectivity index (χ1v) is 12.7. The molecule has 0 atom stereocenters. The Labute approximate surface area is 189 Å². The second-order valence-electron chi connectivity index (χ2n) is 7.73. The van der Waals surface area contributed by atoms with E-state index in [1.807, 2.05) is 0 Å². The van der Waals surface area contributed by atoms with Crippen LogP contribution in [0.2, 0.25) is 0 Å². The fourth-order valence-electron chi connectivity index (χ4n) is 3.23. The molecule has 2 N–H and O–H groups in total. The van der Waals surface area contributed by atoms with Gasteiger partial charge in [0.1, 0.15) is 4.70 Å². The zero-order chi connectivity index (χ0) is 23.0. The van der Waals surface area contributed by atoms with Gasteiger partial charge in [0.05, 0.1) is 29.1 Å². The van der Waals surface area contributed by atoms with Crippen LogP contribution >= 0.6 is 11.3 Å². The smallest absolute Gasteiger partial charge is 0.268 e. The van der Waals surface area contributed by atoms with Crippen molar-refractivity contribution in [1.82, 2.24) is 14.9 Å². The van der Waals surface area contributed by atoms with E-state index in [9.17, 15) is 18.0 Å². The normalized spacial score (nSPS) is 13.8. The van der Waals surface area contributed by atoms with Gasteiger partial charge < -0.3 is 14.6 Å². The monoisotopic (exact) mass is 476 g/mol. The Balaban J connectivity index is 1.91. The van der Waals surface area contributed by atoms with E-state index in [-0.39, 0.29) is 17.2 Å². The number of hydrogen-bond acceptors (Lipinski definition) is 7. The summed E-state index contributed by atoms with van der Waals surface area (Å²) in [6.45, 7) is 2.06. The van der Waals surface area contributed by atoms with E-state index in [1.54, 1.807) is 32.3 Å². The molecule has 170 valence electrons. The summed E-state index contributed by atoms with van der Waals surface area (Å²) in [6.07, 6.45) is 5.29. The molecule has 9 nitrogen and oxygen atoms in total. The number of carbonyl (C=O) groups excluding carboxylic acids is 1. The third-order valence-corrected chi connectivity index (χ3v) is 7.69. The maximum atomic E-state index is 12.7. The summed E-state index contributed by atoms with van der Waals surface area (Å²) in [4.78, 5) is 29.7. The summed E-state index contributed by atoms with van der Waals surface area (Å²) in [6, 6.07) is 3.32. The van der Waals surface area contributed by atoms with Crippen molar-refractivity contribution >= 4 is 43.0 Å². The molecule has 0 bridgehead atoms. The van der Waals surface area contributed by atoms with Crippen LogP contribution in [0.15, 0.2) is 29.3 Å². The summed E-state index contributed by atoms with van der Waals surface area (Å²) in [5, 5.41) is 3.17. The minimum atomic E-state index is -3.50. The molecule has 4 rings (SSSR count). The number of amides is 1. The van der Waals surface area contributed by atoms with Crippen molar-refractivity contribution < 1.29 is 17.9 Å². The third-order valence-electron chi connectivity index (χ3n) is 5.26. The number of ether oxygens (including phenoxy) is 1. The van der Waals surface area contributed by atoms with Gasteiger partial charge in [0, 0.05) is 36.8 Å². The zero-order valence-electron chi connectivity index (χ0n) is 18.0. The quantitative estimate of drug-likeness (QED) is 0.516. The maximum Gasteiger partial charge on any atom is 0.268 e. The molecule has 11 heteroatoms. The Bertz CT molecular complexity index is 1360. The minimum Gasteiger partial charge on any atom is -0.477 e. The minimum absolute atomic E-state index is 0.0770. The average molecular weight is 477 g/mol. The van der Waals surface area contributed by atoms with Gasteiger partial charge in [-0.15, -0.1) is 11.3 Å². The van der Waals surface area contributed by atoms with Gasteiger partial charge in [0.15, 0.2) is 0 Å². The van der Waals surface area contributed by atoms with Crippen LogP contribution in [-0.4, -0.2) is 43.3 Å². The van der Waals surface area contributed by atoms with E-state index in [0.29, 0.717) is 50.2 Å². The summed E-state index contributed by atoms with van der Waals surface area (Å²) in [7, 11) is -0.343. The molecule has 0 radical (unpaired) electrons. The van der Waals surface area contributed by atoms with Crippen LogP contribution < -0.4 is 20.3 Å². The number of thiophene rings is 1. The molecule has 0 saturated heterocycles. The van der Waals surface area contributed by atoms with Gasteiger partial charge in [-0.25, -0.2) is 13.4 Å². The number of anilines is 1. The number of carbonyl (C=O) groups is 1. The molecule has 1 saturated carbocycles. The van der Waals surface area contributed by atoms with Crippen LogP contribution in [0.1, 0.15) is 29.4 Å². The van der Waals surface area contributed by atoms with Gasteiger partial charge in [-0.1, -0.05) is 0 Å². The molecule has 1 fully saturated rings. The summed E-state index contributed by atoms with van der Waals surface area (Å²) in [5.41, 5.74) is 1.25. The molecule has 1 aliphatic carbocycles. The van der Waals surface area contributed by atoms with E-state index in [4.69, 9.17) is 4.74 Å². The molecular weight excluding hydrogens is 452 g/mol. The number of pyridine rings is 2. The predicted octanol–water partition coefficient (Wildman–Crippen LogP) is 2.57. The van der Waals surface area contributed by atoms with Gasteiger partial charge in [-0.05, 0) is 37.8 Å². The topological polar surface area (TPSA) is 119 Å². The Morgan fingerprint density at radius 1 is 1.31 bits per heavy atom. The summed E-state index contributed by atoms with van der Waals surface area (Å²) in [5.74, 6) is 0.479. The molecule has 1 amide bonds. The Morgan fingerprint density at radius 2 is 2.06 bits per heavy atom. The van der Waals surface area contributed by atoms with Crippen LogP contribution in [0.25, 0.3) is 21.2 Å². The van der Waals surface area contributed by atoms with Gasteiger partial charge >= 0.3 is 0 Å². The maximum absolute atomic E-state index is 12.7. The van der Waals surface area contributed by atoms with Crippen molar-refractivity contribution in [3.05, 3.63) is 39.8 Å². The zero-order valence-corrected chi connectivity index (χ0v) is 19.6. The van der Waals surface area contributed by atoms with Gasteiger partial charge in [0.2, 0.25) is 15.9 Å². The van der Waals surface area contributed by atoms with Gasteiger partial charge in [-0.3, -0.25) is 14.3 Å². The van der Waals surface area contributed by atoms with Crippen LogP contribution in [0.4, 0.5) is 5.69 Å². The fourth-order valence-corrected chi connectivity index (χ4v) is 4.95. The Kier molecular flexibility index (Phi) is 5.95. The van der Waals surface area contributed by atoms with E-state index in [0.717, 1.165) is 24.2 Å². The van der Waals surface area contributed by atoms with Crippen molar-refractivity contribution in [2.75, 3.05) is 24.1 Å². The lowest BCUT2D eigenvalue weighted by atomic mass is 10.0. The summed E-state index contributed by atoms with van der Waals surface area (Å²) >= 11 is 1.11. The van der Waals surface area contributed by atoms with Crippen LogP contribution in [0.3, 0.4) is 0 Å². The van der Waals surface area contributed by atoms with Crippen molar-refractivity contribution in [3.63, 3.8) is 0 Å². The van der Waals surface area contributed by atoms with Crippen molar-refractivity contribution in [1.29, 1.82) is 0 Å². The molecular formula is C21H24N4O5S2. The van der Waals surface area contributed by atoms with Gasteiger partial charge in [0.25, 0.3) is 11.5 Å². The van der Waals surface area contributed by atoms with Crippen LogP contribution in [-0.2, 0) is 17.1 Å². The van der Waals surface area contributed by atoms with Crippen LogP contribution in [0.5, 0.6) is 5.88 Å². The molecule has 3 aromatic rings. The van der Waals surface area contributed by atoms with E-state index >= 15 is 0 Å². The van der Waals surface area contributed by atoms with Crippen LogP contribution in [0, 0.1) is 5.92 Å². The second kappa shape index (κ2) is 8.55. The molecule has 3 aromatic heterocycles. The first-order chi connectivity index (χ1) is 15.2. The van der Waals surface area contributed by atoms with E-state index in [1.165, 1.54) is 17.8 Å². The standard InChI is InChI=1S/C21H24N4O5S2/c1-4-32(28,29)24-13-7-15(20(23-9-13)30-11-12-5-6-12)16-10-25(3)21(27)18-14(16)8-17(31-18)19(26)22-2/h7-10,12,24H,4-6,11H2,1-3H3,(H,22,26). The highest BCUT2D eigenvalue weighted by Gasteiger charge is 2.24. The molecule has 0 unspecified atom stereocenters. The highest BCUT2D eigenvalue weighted by molar-refractivity contribution is 7.92. The molecule has 32 heavy (non-hydrogen) atoms. The molecule has 0 spiro atoms. The number of fused-ring (bicyclic) bond motifs is 1. The molecule has 3 heterocycles. The lowest BCUT2D eigenvalue weighted by molar-refractivity contribution is 0.0967. The van der Waals surface area contributed by atoms with Gasteiger partial charge in [-0.2, -0.15) is 0 Å². The fraction of sp³-hybridized carbons (Fsp3) is 0.381.